The Hall–Kier alpha value is -2.75. The van der Waals surface area contributed by atoms with Gasteiger partial charge >= 0.3 is 0 Å². The average Bonchev–Trinajstić information content (AvgIpc) is 3.02. The van der Waals surface area contributed by atoms with Gasteiger partial charge in [-0.3, -0.25) is 4.79 Å². The van der Waals surface area contributed by atoms with E-state index in [9.17, 15) is 13.2 Å². The Balaban J connectivity index is 1.61. The van der Waals surface area contributed by atoms with Crippen molar-refractivity contribution in [2.45, 2.75) is 37.1 Å². The van der Waals surface area contributed by atoms with Crippen molar-refractivity contribution in [3.63, 3.8) is 0 Å². The maximum atomic E-state index is 12.9. The van der Waals surface area contributed by atoms with E-state index in [-0.39, 0.29) is 15.5 Å². The van der Waals surface area contributed by atoms with Crippen molar-refractivity contribution < 1.29 is 13.2 Å². The number of rotatable bonds is 5. The molecule has 0 atom stereocenters. The van der Waals surface area contributed by atoms with Gasteiger partial charge < -0.3 is 9.88 Å². The van der Waals surface area contributed by atoms with Crippen LogP contribution in [-0.2, 0) is 23.0 Å². The summed E-state index contributed by atoms with van der Waals surface area (Å²) in [5.74, 6) is 1.26. The van der Waals surface area contributed by atoms with Gasteiger partial charge in [-0.25, -0.2) is 12.7 Å². The molecule has 8 nitrogen and oxygen atoms in total. The van der Waals surface area contributed by atoms with Crippen molar-refractivity contribution in [1.29, 1.82) is 0 Å². The lowest BCUT2D eigenvalue weighted by Crippen LogP contribution is -2.23. The van der Waals surface area contributed by atoms with Crippen LogP contribution < -0.4 is 5.32 Å². The van der Waals surface area contributed by atoms with E-state index in [1.165, 1.54) is 38.7 Å². The third kappa shape index (κ3) is 4.41. The Bertz CT molecular complexity index is 1270. The van der Waals surface area contributed by atoms with Crippen molar-refractivity contribution in [2.75, 3.05) is 19.4 Å². The highest BCUT2D eigenvalue weighted by molar-refractivity contribution is 7.89. The van der Waals surface area contributed by atoms with Crippen LogP contribution >= 0.6 is 11.6 Å². The average molecular weight is 474 g/mol. The molecule has 1 amide bonds. The summed E-state index contributed by atoms with van der Waals surface area (Å²) in [5, 5.41) is 11.7. The fourth-order valence-electron chi connectivity index (χ4n) is 3.68. The lowest BCUT2D eigenvalue weighted by Gasteiger charge is -2.13. The molecule has 4 rings (SSSR count). The molecule has 1 aromatic heterocycles. The molecule has 1 aliphatic rings. The number of carbonyl (C=O) groups is 1. The van der Waals surface area contributed by atoms with E-state index >= 15 is 0 Å². The van der Waals surface area contributed by atoms with Crippen LogP contribution in [0.1, 0.15) is 35.4 Å². The van der Waals surface area contributed by atoms with Gasteiger partial charge in [0.1, 0.15) is 5.82 Å². The number of hydrogen-bond acceptors (Lipinski definition) is 5. The van der Waals surface area contributed by atoms with E-state index in [1.54, 1.807) is 6.07 Å². The smallest absolute Gasteiger partial charge is 0.257 e. The molecule has 1 N–H and O–H groups in total. The summed E-state index contributed by atoms with van der Waals surface area (Å²) >= 11 is 6.20. The van der Waals surface area contributed by atoms with Gasteiger partial charge in [-0.05, 0) is 43.2 Å². The molecule has 168 valence electrons. The molecule has 2 heterocycles. The molecular weight excluding hydrogens is 450 g/mol. The number of amides is 1. The Morgan fingerprint density at radius 1 is 1.09 bits per heavy atom. The number of aromatic nitrogens is 3. The SMILES string of the molecule is CN(C)S(=O)(=O)c1ccc(Cl)c(C(=O)Nc2cccc(-c3nnc4n3CCCCC4)c2)c1. The summed E-state index contributed by atoms with van der Waals surface area (Å²) in [7, 11) is -0.832. The number of hydrogen-bond donors (Lipinski definition) is 1. The molecule has 1 aliphatic heterocycles. The molecule has 32 heavy (non-hydrogen) atoms. The van der Waals surface area contributed by atoms with E-state index in [0.29, 0.717) is 5.69 Å². The van der Waals surface area contributed by atoms with Gasteiger partial charge in [0.15, 0.2) is 5.82 Å². The quantitative estimate of drug-likeness (QED) is 0.607. The number of carbonyl (C=O) groups excluding carboxylic acids is 1. The fraction of sp³-hybridized carbons (Fsp3) is 0.318. The van der Waals surface area contributed by atoms with Crippen molar-refractivity contribution in [2.24, 2.45) is 0 Å². The first-order valence-electron chi connectivity index (χ1n) is 10.3. The highest BCUT2D eigenvalue weighted by Crippen LogP contribution is 2.27. The first-order valence-corrected chi connectivity index (χ1v) is 12.1. The van der Waals surface area contributed by atoms with Crippen molar-refractivity contribution >= 4 is 33.2 Å². The van der Waals surface area contributed by atoms with Crippen LogP contribution in [0.4, 0.5) is 5.69 Å². The minimum Gasteiger partial charge on any atom is -0.322 e. The van der Waals surface area contributed by atoms with Gasteiger partial charge in [0, 0.05) is 38.3 Å². The predicted molar refractivity (Wildman–Crippen MR) is 123 cm³/mol. The second kappa shape index (κ2) is 9.01. The molecule has 3 aromatic rings. The summed E-state index contributed by atoms with van der Waals surface area (Å²) in [4.78, 5) is 12.9. The zero-order chi connectivity index (χ0) is 22.9. The molecule has 0 saturated carbocycles. The predicted octanol–water partition coefficient (Wildman–Crippen LogP) is 3.83. The zero-order valence-electron chi connectivity index (χ0n) is 17.9. The first-order chi connectivity index (χ1) is 15.3. The van der Waals surface area contributed by atoms with Gasteiger partial charge in [0.05, 0.1) is 15.5 Å². The number of sulfonamides is 1. The summed E-state index contributed by atoms with van der Waals surface area (Å²) < 4.78 is 28.1. The third-order valence-electron chi connectivity index (χ3n) is 5.45. The monoisotopic (exact) mass is 473 g/mol. The number of anilines is 1. The molecule has 0 unspecified atom stereocenters. The number of halogens is 1. The molecule has 0 bridgehead atoms. The number of nitrogens with zero attached hydrogens (tertiary/aromatic N) is 4. The molecule has 10 heteroatoms. The van der Waals surface area contributed by atoms with Crippen LogP contribution in [-0.4, -0.2) is 47.5 Å². The normalized spacial score (nSPS) is 14.1. The van der Waals surface area contributed by atoms with Crippen LogP contribution in [0.3, 0.4) is 0 Å². The van der Waals surface area contributed by atoms with Crippen molar-refractivity contribution in [3.8, 4) is 11.4 Å². The largest absolute Gasteiger partial charge is 0.322 e. The minimum atomic E-state index is -3.69. The topological polar surface area (TPSA) is 97.2 Å². The van der Waals surface area contributed by atoms with Crippen LogP contribution in [0.5, 0.6) is 0 Å². The van der Waals surface area contributed by atoms with Crippen LogP contribution in [0.2, 0.25) is 5.02 Å². The van der Waals surface area contributed by atoms with Gasteiger partial charge in [-0.15, -0.1) is 10.2 Å². The van der Waals surface area contributed by atoms with Gasteiger partial charge in [-0.1, -0.05) is 30.2 Å². The van der Waals surface area contributed by atoms with Crippen molar-refractivity contribution in [1.82, 2.24) is 19.1 Å². The number of aryl methyl sites for hydroxylation is 1. The Morgan fingerprint density at radius 2 is 1.91 bits per heavy atom. The molecule has 0 aliphatic carbocycles. The Kier molecular flexibility index (Phi) is 6.32. The zero-order valence-corrected chi connectivity index (χ0v) is 19.4. The summed E-state index contributed by atoms with van der Waals surface area (Å²) in [6, 6.07) is 11.4. The van der Waals surface area contributed by atoms with Gasteiger partial charge in [0.25, 0.3) is 5.91 Å². The second-order valence-electron chi connectivity index (χ2n) is 7.87. The summed E-state index contributed by atoms with van der Waals surface area (Å²) in [6.45, 7) is 0.872. The van der Waals surface area contributed by atoms with E-state index in [4.69, 9.17) is 11.6 Å². The van der Waals surface area contributed by atoms with Gasteiger partial charge in [0.2, 0.25) is 10.0 Å². The van der Waals surface area contributed by atoms with Gasteiger partial charge in [-0.2, -0.15) is 0 Å². The van der Waals surface area contributed by atoms with Crippen LogP contribution in [0.25, 0.3) is 11.4 Å². The standard InChI is InChI=1S/C22H24ClN5O3S/c1-27(2)32(30,31)17-10-11-19(23)18(14-17)22(29)24-16-8-6-7-15(13-16)21-26-25-20-9-4-3-5-12-28(20)21/h6-8,10-11,13-14H,3-5,9,12H2,1-2H3,(H,24,29). The maximum Gasteiger partial charge on any atom is 0.257 e. The molecular formula is C22H24ClN5O3S. The third-order valence-corrected chi connectivity index (χ3v) is 7.59. The highest BCUT2D eigenvalue weighted by Gasteiger charge is 2.21. The molecule has 2 aromatic carbocycles. The van der Waals surface area contributed by atoms with Crippen LogP contribution in [0, 0.1) is 0 Å². The van der Waals surface area contributed by atoms with Crippen LogP contribution in [0.15, 0.2) is 47.4 Å². The molecule has 0 radical (unpaired) electrons. The molecule has 0 spiro atoms. The van der Waals surface area contributed by atoms with E-state index < -0.39 is 15.9 Å². The number of nitrogens with one attached hydrogen (secondary N) is 1. The first kappa shape index (κ1) is 22.4. The molecule has 0 fully saturated rings. The second-order valence-corrected chi connectivity index (χ2v) is 10.4. The maximum absolute atomic E-state index is 12.9. The highest BCUT2D eigenvalue weighted by atomic mass is 35.5. The molecule has 0 saturated heterocycles. The Morgan fingerprint density at radius 3 is 2.69 bits per heavy atom. The number of benzene rings is 2. The van der Waals surface area contributed by atoms with E-state index in [1.807, 2.05) is 18.2 Å². The lowest BCUT2D eigenvalue weighted by molar-refractivity contribution is 0.102. The summed E-state index contributed by atoms with van der Waals surface area (Å²) in [6.07, 6.45) is 4.27. The lowest BCUT2D eigenvalue weighted by atomic mass is 10.1. The van der Waals surface area contributed by atoms with E-state index in [2.05, 4.69) is 20.1 Å². The fourth-order valence-corrected chi connectivity index (χ4v) is 4.81. The van der Waals surface area contributed by atoms with E-state index in [0.717, 1.165) is 47.3 Å². The number of fused-ring (bicyclic) bond motifs is 1. The Labute approximate surface area is 192 Å². The minimum absolute atomic E-state index is 0.00282. The van der Waals surface area contributed by atoms with Crippen molar-refractivity contribution in [3.05, 3.63) is 58.9 Å². The summed E-state index contributed by atoms with van der Waals surface area (Å²) in [5.41, 5.74) is 1.48.